The Morgan fingerprint density at radius 3 is 2.74 bits per heavy atom. The standard InChI is InChI=1S/C13H14F3NO2/c1-3-7-17-11(12(18)19-2)9-5-4-6-10(8-9)13(14,15)16/h3-6,8,11,17H,1,7H2,2H3. The van der Waals surface area contributed by atoms with E-state index in [2.05, 4.69) is 16.6 Å². The van der Waals surface area contributed by atoms with Crippen LogP contribution in [0.15, 0.2) is 36.9 Å². The van der Waals surface area contributed by atoms with Crippen molar-refractivity contribution >= 4 is 5.97 Å². The molecule has 0 saturated carbocycles. The second kappa shape index (κ2) is 6.38. The molecule has 0 aliphatic carbocycles. The summed E-state index contributed by atoms with van der Waals surface area (Å²) in [5.74, 6) is -0.652. The fourth-order valence-corrected chi connectivity index (χ4v) is 1.55. The van der Waals surface area contributed by atoms with Crippen LogP contribution >= 0.6 is 0 Å². The van der Waals surface area contributed by atoms with Crippen LogP contribution in [0.2, 0.25) is 0 Å². The Morgan fingerprint density at radius 1 is 1.53 bits per heavy atom. The summed E-state index contributed by atoms with van der Waals surface area (Å²) < 4.78 is 42.4. The van der Waals surface area contributed by atoms with Gasteiger partial charge in [0, 0.05) is 6.54 Å². The van der Waals surface area contributed by atoms with E-state index in [0.717, 1.165) is 12.1 Å². The summed E-state index contributed by atoms with van der Waals surface area (Å²) in [5.41, 5.74) is -0.608. The molecule has 0 bridgehead atoms. The Bertz CT molecular complexity index is 457. The van der Waals surface area contributed by atoms with Crippen molar-refractivity contribution in [2.24, 2.45) is 0 Å². The Hall–Kier alpha value is -1.82. The highest BCUT2D eigenvalue weighted by atomic mass is 19.4. The maximum absolute atomic E-state index is 12.6. The lowest BCUT2D eigenvalue weighted by atomic mass is 10.0. The molecule has 1 unspecified atom stereocenters. The van der Waals surface area contributed by atoms with Gasteiger partial charge in [-0.05, 0) is 17.7 Å². The quantitative estimate of drug-likeness (QED) is 0.662. The van der Waals surface area contributed by atoms with Gasteiger partial charge in [0.25, 0.3) is 0 Å². The lowest BCUT2D eigenvalue weighted by Crippen LogP contribution is -2.30. The highest BCUT2D eigenvalue weighted by Crippen LogP contribution is 2.30. The van der Waals surface area contributed by atoms with Gasteiger partial charge < -0.3 is 4.74 Å². The van der Waals surface area contributed by atoms with E-state index in [0.29, 0.717) is 0 Å². The van der Waals surface area contributed by atoms with Crippen molar-refractivity contribution in [1.82, 2.24) is 5.32 Å². The van der Waals surface area contributed by atoms with E-state index in [4.69, 9.17) is 0 Å². The van der Waals surface area contributed by atoms with Gasteiger partial charge in [-0.15, -0.1) is 6.58 Å². The molecule has 1 N–H and O–H groups in total. The van der Waals surface area contributed by atoms with Gasteiger partial charge in [-0.3, -0.25) is 5.32 Å². The molecule has 1 aromatic rings. The third-order valence-electron chi connectivity index (χ3n) is 2.45. The van der Waals surface area contributed by atoms with Crippen LogP contribution in [0.5, 0.6) is 0 Å². The maximum atomic E-state index is 12.6. The highest BCUT2D eigenvalue weighted by molar-refractivity contribution is 5.77. The monoisotopic (exact) mass is 273 g/mol. The summed E-state index contributed by atoms with van der Waals surface area (Å²) in [6.07, 6.45) is -2.95. The van der Waals surface area contributed by atoms with Crippen LogP contribution in [0.4, 0.5) is 13.2 Å². The van der Waals surface area contributed by atoms with Gasteiger partial charge in [0.2, 0.25) is 0 Å². The van der Waals surface area contributed by atoms with Crippen LogP contribution in [-0.2, 0) is 15.7 Å². The number of carbonyl (C=O) groups is 1. The first kappa shape index (κ1) is 15.2. The summed E-state index contributed by atoms with van der Waals surface area (Å²) in [4.78, 5) is 11.6. The summed E-state index contributed by atoms with van der Waals surface area (Å²) in [6, 6.07) is 3.62. The number of halogens is 3. The topological polar surface area (TPSA) is 38.3 Å². The minimum Gasteiger partial charge on any atom is -0.468 e. The molecule has 0 aliphatic rings. The molecule has 0 heterocycles. The first-order valence-electron chi connectivity index (χ1n) is 5.49. The number of hydrogen-bond acceptors (Lipinski definition) is 3. The zero-order valence-electron chi connectivity index (χ0n) is 10.3. The number of rotatable bonds is 5. The van der Waals surface area contributed by atoms with Crippen molar-refractivity contribution in [3.05, 3.63) is 48.0 Å². The summed E-state index contributed by atoms with van der Waals surface area (Å²) in [7, 11) is 1.18. The molecule has 1 aromatic carbocycles. The molecular formula is C13H14F3NO2. The van der Waals surface area contributed by atoms with E-state index in [1.54, 1.807) is 0 Å². The molecule has 3 nitrogen and oxygen atoms in total. The molecule has 6 heteroatoms. The van der Waals surface area contributed by atoms with Crippen molar-refractivity contribution in [2.75, 3.05) is 13.7 Å². The van der Waals surface area contributed by atoms with Crippen molar-refractivity contribution in [3.63, 3.8) is 0 Å². The summed E-state index contributed by atoms with van der Waals surface area (Å²) in [5, 5.41) is 2.76. The molecule has 0 fully saturated rings. The molecule has 104 valence electrons. The van der Waals surface area contributed by atoms with Crippen LogP contribution in [0.1, 0.15) is 17.2 Å². The second-order valence-electron chi connectivity index (χ2n) is 3.78. The number of carbonyl (C=O) groups excluding carboxylic acids is 1. The van der Waals surface area contributed by atoms with Crippen molar-refractivity contribution < 1.29 is 22.7 Å². The van der Waals surface area contributed by atoms with Crippen LogP contribution in [0, 0.1) is 0 Å². The van der Waals surface area contributed by atoms with Crippen molar-refractivity contribution in [1.29, 1.82) is 0 Å². The number of alkyl halides is 3. The van der Waals surface area contributed by atoms with Gasteiger partial charge in [0.15, 0.2) is 0 Å². The largest absolute Gasteiger partial charge is 0.468 e. The van der Waals surface area contributed by atoms with Gasteiger partial charge >= 0.3 is 12.1 Å². The molecule has 1 rings (SSSR count). The predicted octanol–water partition coefficient (Wildman–Crippen LogP) is 2.70. The van der Waals surface area contributed by atoms with Gasteiger partial charge in [0.05, 0.1) is 12.7 Å². The molecule has 0 amide bonds. The SMILES string of the molecule is C=CCNC(C(=O)OC)c1cccc(C(F)(F)F)c1. The molecule has 1 atom stereocenters. The van der Waals surface area contributed by atoms with Crippen LogP contribution in [0.25, 0.3) is 0 Å². The number of hydrogen-bond donors (Lipinski definition) is 1. The van der Waals surface area contributed by atoms with E-state index in [9.17, 15) is 18.0 Å². The van der Waals surface area contributed by atoms with Gasteiger partial charge in [0.1, 0.15) is 6.04 Å². The van der Waals surface area contributed by atoms with Crippen LogP contribution < -0.4 is 5.32 Å². The second-order valence-corrected chi connectivity index (χ2v) is 3.78. The molecule has 0 aliphatic heterocycles. The van der Waals surface area contributed by atoms with E-state index in [1.165, 1.54) is 25.3 Å². The average molecular weight is 273 g/mol. The van der Waals surface area contributed by atoms with E-state index < -0.39 is 23.8 Å². The van der Waals surface area contributed by atoms with Crippen molar-refractivity contribution in [2.45, 2.75) is 12.2 Å². The third kappa shape index (κ3) is 4.10. The number of nitrogens with one attached hydrogen (secondary N) is 1. The first-order valence-corrected chi connectivity index (χ1v) is 5.49. The first-order chi connectivity index (χ1) is 8.90. The fraction of sp³-hybridized carbons (Fsp3) is 0.308. The maximum Gasteiger partial charge on any atom is 0.416 e. The summed E-state index contributed by atoms with van der Waals surface area (Å²) in [6.45, 7) is 3.75. The normalized spacial score (nSPS) is 12.8. The highest BCUT2D eigenvalue weighted by Gasteiger charge is 2.31. The van der Waals surface area contributed by atoms with Crippen LogP contribution in [0.3, 0.4) is 0 Å². The lowest BCUT2D eigenvalue weighted by molar-refractivity contribution is -0.143. The zero-order valence-corrected chi connectivity index (χ0v) is 10.3. The number of benzene rings is 1. The molecule has 0 saturated heterocycles. The number of esters is 1. The Labute approximate surface area is 109 Å². The van der Waals surface area contributed by atoms with E-state index in [-0.39, 0.29) is 12.1 Å². The van der Waals surface area contributed by atoms with Crippen molar-refractivity contribution in [3.8, 4) is 0 Å². The molecule has 19 heavy (non-hydrogen) atoms. The zero-order chi connectivity index (χ0) is 14.5. The van der Waals surface area contributed by atoms with E-state index in [1.807, 2.05) is 0 Å². The van der Waals surface area contributed by atoms with Gasteiger partial charge in [-0.25, -0.2) is 4.79 Å². The Morgan fingerprint density at radius 2 is 2.21 bits per heavy atom. The number of methoxy groups -OCH3 is 1. The number of ether oxygens (including phenoxy) is 1. The Kier molecular flexibility index (Phi) is 5.11. The smallest absolute Gasteiger partial charge is 0.416 e. The van der Waals surface area contributed by atoms with Crippen LogP contribution in [-0.4, -0.2) is 19.6 Å². The van der Waals surface area contributed by atoms with Gasteiger partial charge in [-0.1, -0.05) is 18.2 Å². The molecule has 0 aromatic heterocycles. The fourth-order valence-electron chi connectivity index (χ4n) is 1.55. The average Bonchev–Trinajstić information content (AvgIpc) is 2.38. The molecule has 0 radical (unpaired) electrons. The minimum atomic E-state index is -4.45. The lowest BCUT2D eigenvalue weighted by Gasteiger charge is -2.17. The van der Waals surface area contributed by atoms with E-state index >= 15 is 0 Å². The minimum absolute atomic E-state index is 0.198. The van der Waals surface area contributed by atoms with Gasteiger partial charge in [-0.2, -0.15) is 13.2 Å². The molecule has 0 spiro atoms. The molecular weight excluding hydrogens is 259 g/mol. The third-order valence-corrected chi connectivity index (χ3v) is 2.45. The summed E-state index contributed by atoms with van der Waals surface area (Å²) >= 11 is 0. The predicted molar refractivity (Wildman–Crippen MR) is 64.4 cm³/mol. The Balaban J connectivity index is 3.08.